The first-order valence-electron chi connectivity index (χ1n) is 8.48. The Hall–Kier alpha value is -3.09. The number of carbonyl (C=O) groups is 2. The minimum atomic E-state index is -0.975. The Morgan fingerprint density at radius 2 is 1.93 bits per heavy atom. The summed E-state index contributed by atoms with van der Waals surface area (Å²) in [4.78, 5) is 27.0. The molecule has 0 aliphatic carbocycles. The zero-order valence-corrected chi connectivity index (χ0v) is 15.4. The zero-order valence-electron chi connectivity index (χ0n) is 15.4. The van der Waals surface area contributed by atoms with Crippen LogP contribution >= 0.6 is 0 Å². The smallest absolute Gasteiger partial charge is 0.237 e. The number of hydrogen-bond acceptors (Lipinski definition) is 4. The number of nitrogens with one attached hydrogen (secondary N) is 1. The quantitative estimate of drug-likeness (QED) is 0.820. The molecule has 1 saturated heterocycles. The summed E-state index contributed by atoms with van der Waals surface area (Å²) in [6.45, 7) is 0.358. The number of nitrogens with zero attached hydrogens (tertiary/aromatic N) is 1. The Kier molecular flexibility index (Phi) is 5.30. The van der Waals surface area contributed by atoms with Crippen molar-refractivity contribution >= 4 is 17.5 Å². The van der Waals surface area contributed by atoms with E-state index in [1.807, 2.05) is 0 Å². The number of hydrogen-bond donors (Lipinski definition) is 1. The van der Waals surface area contributed by atoms with Crippen molar-refractivity contribution in [1.29, 1.82) is 0 Å². The Bertz CT molecular complexity index is 871. The van der Waals surface area contributed by atoms with Gasteiger partial charge >= 0.3 is 0 Å². The van der Waals surface area contributed by atoms with Gasteiger partial charge in [0, 0.05) is 31.1 Å². The van der Waals surface area contributed by atoms with E-state index in [0.717, 1.165) is 5.56 Å². The summed E-state index contributed by atoms with van der Waals surface area (Å²) < 4.78 is 24.5. The lowest BCUT2D eigenvalue weighted by Crippen LogP contribution is -2.33. The van der Waals surface area contributed by atoms with Gasteiger partial charge in [-0.25, -0.2) is 4.39 Å². The van der Waals surface area contributed by atoms with Gasteiger partial charge in [0.2, 0.25) is 11.8 Å². The van der Waals surface area contributed by atoms with E-state index in [-0.39, 0.29) is 11.6 Å². The van der Waals surface area contributed by atoms with Gasteiger partial charge < -0.3 is 19.7 Å². The first-order chi connectivity index (χ1) is 13.0. The molecule has 3 rings (SSSR count). The second kappa shape index (κ2) is 7.65. The lowest BCUT2D eigenvalue weighted by atomic mass is 9.87. The topological polar surface area (TPSA) is 67.9 Å². The van der Waals surface area contributed by atoms with E-state index in [0.29, 0.717) is 18.0 Å². The lowest BCUT2D eigenvalue weighted by Gasteiger charge is -2.20. The van der Waals surface area contributed by atoms with Gasteiger partial charge in [-0.05, 0) is 18.2 Å². The molecule has 0 radical (unpaired) electrons. The summed E-state index contributed by atoms with van der Waals surface area (Å²) in [5, 5.41) is 2.54. The normalized spacial score (nSPS) is 19.1. The van der Waals surface area contributed by atoms with Crippen LogP contribution in [0.3, 0.4) is 0 Å². The molecule has 0 saturated carbocycles. The number of methoxy groups -OCH3 is 2. The minimum absolute atomic E-state index is 0.0466. The summed E-state index contributed by atoms with van der Waals surface area (Å²) >= 11 is 0. The number of ether oxygens (including phenoxy) is 2. The standard InChI is InChI=1S/C20H21FN2O4/c1-23-11-14(13-9-8-12(26-2)10-17(13)27-3)18(20(23)25)19(24)22-16-7-5-4-6-15(16)21/h4-10,14,18H,11H2,1-3H3,(H,22,24)/t14-,18+/m1/s1. The van der Waals surface area contributed by atoms with Crippen LogP contribution in [-0.2, 0) is 9.59 Å². The van der Waals surface area contributed by atoms with Crippen molar-refractivity contribution in [2.45, 2.75) is 5.92 Å². The molecule has 1 N–H and O–H groups in total. The maximum Gasteiger partial charge on any atom is 0.237 e. The molecule has 2 atom stereocenters. The van der Waals surface area contributed by atoms with Crippen molar-refractivity contribution in [1.82, 2.24) is 4.90 Å². The molecule has 27 heavy (non-hydrogen) atoms. The third-order valence-electron chi connectivity index (χ3n) is 4.77. The van der Waals surface area contributed by atoms with Crippen LogP contribution in [0, 0.1) is 11.7 Å². The molecule has 2 amide bonds. The minimum Gasteiger partial charge on any atom is -0.497 e. The van der Waals surface area contributed by atoms with Crippen LogP contribution in [0.2, 0.25) is 0 Å². The number of benzene rings is 2. The van der Waals surface area contributed by atoms with Crippen LogP contribution in [0.25, 0.3) is 0 Å². The molecule has 0 spiro atoms. The molecule has 6 nitrogen and oxygen atoms in total. The third-order valence-corrected chi connectivity index (χ3v) is 4.77. The molecular formula is C20H21FN2O4. The van der Waals surface area contributed by atoms with Crippen molar-refractivity contribution in [2.24, 2.45) is 5.92 Å². The van der Waals surface area contributed by atoms with Gasteiger partial charge in [-0.15, -0.1) is 0 Å². The van der Waals surface area contributed by atoms with Crippen LogP contribution in [0.4, 0.5) is 10.1 Å². The third kappa shape index (κ3) is 3.58. The van der Waals surface area contributed by atoms with Gasteiger partial charge in [0.25, 0.3) is 0 Å². The molecule has 1 heterocycles. The highest BCUT2D eigenvalue weighted by Crippen LogP contribution is 2.39. The fourth-order valence-corrected chi connectivity index (χ4v) is 3.37. The van der Waals surface area contributed by atoms with Crippen molar-refractivity contribution in [3.8, 4) is 11.5 Å². The number of likely N-dealkylation sites (tertiary alicyclic amines) is 1. The number of para-hydroxylation sites is 1. The molecule has 1 aliphatic heterocycles. The van der Waals surface area contributed by atoms with Gasteiger partial charge in [-0.3, -0.25) is 9.59 Å². The van der Waals surface area contributed by atoms with E-state index in [9.17, 15) is 14.0 Å². The predicted molar refractivity (Wildman–Crippen MR) is 98.4 cm³/mol. The van der Waals surface area contributed by atoms with Crippen molar-refractivity contribution in [3.63, 3.8) is 0 Å². The second-order valence-corrected chi connectivity index (χ2v) is 6.38. The first-order valence-corrected chi connectivity index (χ1v) is 8.48. The molecule has 2 aromatic rings. The van der Waals surface area contributed by atoms with E-state index in [1.54, 1.807) is 38.4 Å². The summed E-state index contributed by atoms with van der Waals surface area (Å²) in [5.41, 5.74) is 0.773. The van der Waals surface area contributed by atoms with Gasteiger partial charge in [-0.2, -0.15) is 0 Å². The first kappa shape index (κ1) is 18.7. The summed E-state index contributed by atoms with van der Waals surface area (Å²) in [7, 11) is 4.71. The van der Waals surface area contributed by atoms with Crippen LogP contribution < -0.4 is 14.8 Å². The second-order valence-electron chi connectivity index (χ2n) is 6.38. The van der Waals surface area contributed by atoms with Crippen molar-refractivity contribution in [3.05, 3.63) is 53.8 Å². The maximum absolute atomic E-state index is 13.9. The molecule has 0 aromatic heterocycles. The number of amides is 2. The molecule has 1 aliphatic rings. The fraction of sp³-hybridized carbons (Fsp3) is 0.300. The average Bonchev–Trinajstić information content (AvgIpc) is 2.97. The molecule has 7 heteroatoms. The van der Waals surface area contributed by atoms with E-state index in [1.165, 1.54) is 30.2 Å². The van der Waals surface area contributed by atoms with Gasteiger partial charge in [0.05, 0.1) is 19.9 Å². The number of halogens is 1. The molecular weight excluding hydrogens is 351 g/mol. The maximum atomic E-state index is 13.9. The zero-order chi connectivity index (χ0) is 19.6. The monoisotopic (exact) mass is 372 g/mol. The number of likely N-dealkylation sites (N-methyl/N-ethyl adjacent to an activating group) is 1. The summed E-state index contributed by atoms with van der Waals surface area (Å²) in [5.74, 6) is -1.66. The van der Waals surface area contributed by atoms with Crippen LogP contribution in [-0.4, -0.2) is 44.5 Å². The molecule has 142 valence electrons. The molecule has 0 bridgehead atoms. The lowest BCUT2D eigenvalue weighted by molar-refractivity contribution is -0.135. The van der Waals surface area contributed by atoms with E-state index >= 15 is 0 Å². The highest BCUT2D eigenvalue weighted by molar-refractivity contribution is 6.08. The van der Waals surface area contributed by atoms with Gasteiger partial charge in [-0.1, -0.05) is 18.2 Å². The molecule has 0 unspecified atom stereocenters. The van der Waals surface area contributed by atoms with Crippen LogP contribution in [0.15, 0.2) is 42.5 Å². The van der Waals surface area contributed by atoms with E-state index in [2.05, 4.69) is 5.32 Å². The van der Waals surface area contributed by atoms with E-state index < -0.39 is 23.6 Å². The number of anilines is 1. The van der Waals surface area contributed by atoms with Gasteiger partial charge in [0.15, 0.2) is 0 Å². The Balaban J connectivity index is 1.94. The van der Waals surface area contributed by atoms with Crippen LogP contribution in [0.5, 0.6) is 11.5 Å². The van der Waals surface area contributed by atoms with Crippen LogP contribution in [0.1, 0.15) is 11.5 Å². The predicted octanol–water partition coefficient (Wildman–Crippen LogP) is 2.65. The molecule has 1 fully saturated rings. The SMILES string of the molecule is COc1ccc([C@H]2CN(C)C(=O)[C@@H]2C(=O)Nc2ccccc2F)c(OC)c1. The highest BCUT2D eigenvalue weighted by atomic mass is 19.1. The number of rotatable bonds is 5. The fourth-order valence-electron chi connectivity index (χ4n) is 3.37. The summed E-state index contributed by atoms with van der Waals surface area (Å²) in [6.07, 6.45) is 0. The van der Waals surface area contributed by atoms with Gasteiger partial charge in [0.1, 0.15) is 23.2 Å². The van der Waals surface area contributed by atoms with Crippen molar-refractivity contribution in [2.75, 3.05) is 33.1 Å². The largest absolute Gasteiger partial charge is 0.497 e. The number of carbonyl (C=O) groups excluding carboxylic acids is 2. The van der Waals surface area contributed by atoms with Crippen molar-refractivity contribution < 1.29 is 23.5 Å². The Morgan fingerprint density at radius 1 is 1.19 bits per heavy atom. The Morgan fingerprint density at radius 3 is 2.59 bits per heavy atom. The Labute approximate surface area is 156 Å². The average molecular weight is 372 g/mol. The summed E-state index contributed by atoms with van der Waals surface area (Å²) in [6, 6.07) is 11.1. The highest BCUT2D eigenvalue weighted by Gasteiger charge is 2.45. The molecule has 2 aromatic carbocycles. The van der Waals surface area contributed by atoms with E-state index in [4.69, 9.17) is 9.47 Å².